The summed E-state index contributed by atoms with van der Waals surface area (Å²) in [5, 5.41) is 2.55. The Balaban J connectivity index is 2.65. The lowest BCUT2D eigenvalue weighted by molar-refractivity contribution is 0.704. The quantitative estimate of drug-likeness (QED) is 0.763. The molecule has 72 valence electrons. The van der Waals surface area contributed by atoms with E-state index in [1.807, 2.05) is 0 Å². The van der Waals surface area contributed by atoms with Crippen molar-refractivity contribution in [3.05, 3.63) is 48.0 Å². The van der Waals surface area contributed by atoms with Gasteiger partial charge in [0.1, 0.15) is 0 Å². The molecule has 0 heterocycles. The molecule has 0 spiro atoms. The van der Waals surface area contributed by atoms with E-state index in [1.165, 1.54) is 16.3 Å². The zero-order valence-corrected chi connectivity index (χ0v) is 8.40. The van der Waals surface area contributed by atoms with Crippen molar-refractivity contribution in [1.82, 2.24) is 0 Å². The predicted octanol–water partition coefficient (Wildman–Crippen LogP) is 3.25. The molecule has 0 aliphatic carbocycles. The lowest BCUT2D eigenvalue weighted by atomic mass is 9.98. The van der Waals surface area contributed by atoms with E-state index in [0.29, 0.717) is 0 Å². The van der Waals surface area contributed by atoms with Crippen LogP contribution in [-0.4, -0.2) is 0 Å². The van der Waals surface area contributed by atoms with Crippen LogP contribution >= 0.6 is 0 Å². The highest BCUT2D eigenvalue weighted by Gasteiger charge is 2.06. The van der Waals surface area contributed by atoms with Gasteiger partial charge in [-0.05, 0) is 22.8 Å². The SMILES string of the molecule is CCC(N)c1cccc2ccccc12. The lowest BCUT2D eigenvalue weighted by Crippen LogP contribution is -2.08. The maximum atomic E-state index is 6.06. The lowest BCUT2D eigenvalue weighted by Gasteiger charge is -2.12. The number of hydrogen-bond acceptors (Lipinski definition) is 1. The van der Waals surface area contributed by atoms with E-state index in [4.69, 9.17) is 5.73 Å². The third kappa shape index (κ3) is 1.51. The Morgan fingerprint density at radius 1 is 1.07 bits per heavy atom. The molecule has 14 heavy (non-hydrogen) atoms. The maximum absolute atomic E-state index is 6.06. The Labute approximate surface area is 84.5 Å². The summed E-state index contributed by atoms with van der Waals surface area (Å²) in [6.07, 6.45) is 0.980. The number of benzene rings is 2. The van der Waals surface area contributed by atoms with Crippen LogP contribution in [0.3, 0.4) is 0 Å². The summed E-state index contributed by atoms with van der Waals surface area (Å²) in [6.45, 7) is 2.12. The third-order valence-electron chi connectivity index (χ3n) is 2.66. The van der Waals surface area contributed by atoms with Gasteiger partial charge in [0.25, 0.3) is 0 Å². The van der Waals surface area contributed by atoms with E-state index < -0.39 is 0 Å². The molecule has 1 atom stereocenters. The first kappa shape index (κ1) is 9.22. The zero-order valence-electron chi connectivity index (χ0n) is 8.40. The van der Waals surface area contributed by atoms with E-state index in [-0.39, 0.29) is 6.04 Å². The third-order valence-corrected chi connectivity index (χ3v) is 2.66. The van der Waals surface area contributed by atoms with Crippen molar-refractivity contribution in [2.24, 2.45) is 5.73 Å². The molecular formula is C13H15N. The Hall–Kier alpha value is -1.34. The van der Waals surface area contributed by atoms with Crippen LogP contribution in [0.25, 0.3) is 10.8 Å². The van der Waals surface area contributed by atoms with Gasteiger partial charge in [0.05, 0.1) is 0 Å². The molecule has 0 bridgehead atoms. The van der Waals surface area contributed by atoms with E-state index >= 15 is 0 Å². The van der Waals surface area contributed by atoms with E-state index in [9.17, 15) is 0 Å². The first-order valence-electron chi connectivity index (χ1n) is 5.06. The van der Waals surface area contributed by atoms with Gasteiger partial charge in [0, 0.05) is 6.04 Å². The minimum absolute atomic E-state index is 0.154. The zero-order chi connectivity index (χ0) is 9.97. The molecule has 0 saturated heterocycles. The van der Waals surface area contributed by atoms with Crippen molar-refractivity contribution in [2.75, 3.05) is 0 Å². The van der Waals surface area contributed by atoms with Crippen LogP contribution in [0.15, 0.2) is 42.5 Å². The van der Waals surface area contributed by atoms with Gasteiger partial charge < -0.3 is 5.73 Å². The van der Waals surface area contributed by atoms with Gasteiger partial charge in [0.2, 0.25) is 0 Å². The molecule has 0 aliphatic heterocycles. The van der Waals surface area contributed by atoms with Gasteiger partial charge in [-0.25, -0.2) is 0 Å². The van der Waals surface area contributed by atoms with Crippen molar-refractivity contribution >= 4 is 10.8 Å². The molecule has 1 unspecified atom stereocenters. The normalized spacial score (nSPS) is 13.0. The van der Waals surface area contributed by atoms with E-state index in [0.717, 1.165) is 6.42 Å². The maximum Gasteiger partial charge on any atom is 0.0298 e. The minimum atomic E-state index is 0.154. The molecule has 2 rings (SSSR count). The van der Waals surface area contributed by atoms with Gasteiger partial charge in [-0.2, -0.15) is 0 Å². The summed E-state index contributed by atoms with van der Waals surface area (Å²) in [4.78, 5) is 0. The average molecular weight is 185 g/mol. The fourth-order valence-electron chi connectivity index (χ4n) is 1.79. The van der Waals surface area contributed by atoms with Crippen molar-refractivity contribution in [2.45, 2.75) is 19.4 Å². The van der Waals surface area contributed by atoms with Crippen LogP contribution in [0.1, 0.15) is 24.9 Å². The van der Waals surface area contributed by atoms with Crippen molar-refractivity contribution < 1.29 is 0 Å². The molecule has 0 fully saturated rings. The summed E-state index contributed by atoms with van der Waals surface area (Å²) >= 11 is 0. The molecule has 0 amide bonds. The molecule has 0 aliphatic rings. The Bertz CT molecular complexity index is 429. The highest BCUT2D eigenvalue weighted by molar-refractivity contribution is 5.86. The van der Waals surface area contributed by atoms with Crippen LogP contribution in [0.5, 0.6) is 0 Å². The second-order valence-corrected chi connectivity index (χ2v) is 3.58. The largest absolute Gasteiger partial charge is 0.324 e. The van der Waals surface area contributed by atoms with E-state index in [1.54, 1.807) is 0 Å². The van der Waals surface area contributed by atoms with Crippen molar-refractivity contribution in [3.63, 3.8) is 0 Å². The molecule has 2 N–H and O–H groups in total. The molecular weight excluding hydrogens is 170 g/mol. The standard InChI is InChI=1S/C13H15N/c1-2-13(14)12-9-5-7-10-6-3-4-8-11(10)12/h3-9,13H,2,14H2,1H3. The van der Waals surface area contributed by atoms with Crippen molar-refractivity contribution in [1.29, 1.82) is 0 Å². The molecule has 1 nitrogen and oxygen atoms in total. The second-order valence-electron chi connectivity index (χ2n) is 3.58. The number of rotatable bonds is 2. The van der Waals surface area contributed by atoms with E-state index in [2.05, 4.69) is 49.4 Å². The molecule has 1 heteroatoms. The first-order chi connectivity index (χ1) is 6.83. The highest BCUT2D eigenvalue weighted by atomic mass is 14.6. The van der Waals surface area contributed by atoms with Crippen LogP contribution < -0.4 is 5.73 Å². The molecule has 0 saturated carbocycles. The summed E-state index contributed by atoms with van der Waals surface area (Å²) in [5.74, 6) is 0. The van der Waals surface area contributed by atoms with Crippen molar-refractivity contribution in [3.8, 4) is 0 Å². The number of fused-ring (bicyclic) bond motifs is 1. The molecule has 0 radical (unpaired) electrons. The first-order valence-corrected chi connectivity index (χ1v) is 5.06. The summed E-state index contributed by atoms with van der Waals surface area (Å²) in [6, 6.07) is 14.9. The predicted molar refractivity (Wildman–Crippen MR) is 61.2 cm³/mol. The minimum Gasteiger partial charge on any atom is -0.324 e. The van der Waals surface area contributed by atoms with Crippen LogP contribution in [0.2, 0.25) is 0 Å². The second kappa shape index (κ2) is 3.81. The molecule has 2 aromatic carbocycles. The van der Waals surface area contributed by atoms with Gasteiger partial charge in [-0.15, -0.1) is 0 Å². The van der Waals surface area contributed by atoms with Gasteiger partial charge in [0.15, 0.2) is 0 Å². The van der Waals surface area contributed by atoms with Gasteiger partial charge in [-0.3, -0.25) is 0 Å². The van der Waals surface area contributed by atoms with Crippen LogP contribution in [0.4, 0.5) is 0 Å². The Morgan fingerprint density at radius 2 is 1.79 bits per heavy atom. The molecule has 0 aromatic heterocycles. The number of nitrogens with two attached hydrogens (primary N) is 1. The smallest absolute Gasteiger partial charge is 0.0298 e. The number of hydrogen-bond donors (Lipinski definition) is 1. The summed E-state index contributed by atoms with van der Waals surface area (Å²) in [5.41, 5.74) is 7.32. The summed E-state index contributed by atoms with van der Waals surface area (Å²) < 4.78 is 0. The topological polar surface area (TPSA) is 26.0 Å². The van der Waals surface area contributed by atoms with Crippen LogP contribution in [0, 0.1) is 0 Å². The highest BCUT2D eigenvalue weighted by Crippen LogP contribution is 2.24. The van der Waals surface area contributed by atoms with Crippen LogP contribution in [-0.2, 0) is 0 Å². The Morgan fingerprint density at radius 3 is 2.57 bits per heavy atom. The van der Waals surface area contributed by atoms with Gasteiger partial charge >= 0.3 is 0 Å². The fraction of sp³-hybridized carbons (Fsp3) is 0.231. The van der Waals surface area contributed by atoms with Gasteiger partial charge in [-0.1, -0.05) is 49.4 Å². The Kier molecular flexibility index (Phi) is 2.51. The monoisotopic (exact) mass is 185 g/mol. The molecule has 2 aromatic rings. The summed E-state index contributed by atoms with van der Waals surface area (Å²) in [7, 11) is 0. The average Bonchev–Trinajstić information content (AvgIpc) is 2.27. The fourth-order valence-corrected chi connectivity index (χ4v) is 1.79.